The van der Waals surface area contributed by atoms with E-state index in [4.69, 9.17) is 10.6 Å². The molecule has 5 nitrogen and oxygen atoms in total. The van der Waals surface area contributed by atoms with E-state index in [9.17, 15) is 9.90 Å². The van der Waals surface area contributed by atoms with Crippen LogP contribution in [0.15, 0.2) is 5.16 Å². The predicted molar refractivity (Wildman–Crippen MR) is 110 cm³/mol. The number of hydrogen-bond donors (Lipinski definition) is 2. The van der Waals surface area contributed by atoms with Gasteiger partial charge in [-0.15, -0.1) is 0 Å². The average Bonchev–Trinajstić information content (AvgIpc) is 2.98. The molecule has 0 aromatic carbocycles. The molecular formula is C23H38N2O3. The van der Waals surface area contributed by atoms with Gasteiger partial charge in [-0.05, 0) is 86.4 Å². The van der Waals surface area contributed by atoms with Crippen LogP contribution in [0.2, 0.25) is 0 Å². The number of fused-ring (bicyclic) bond motifs is 5. The largest absolute Gasteiger partial charge is 0.396 e. The van der Waals surface area contributed by atoms with E-state index < -0.39 is 0 Å². The Bertz CT molecular complexity index is 635. The number of oxime groups is 1. The van der Waals surface area contributed by atoms with Crippen LogP contribution in [0.25, 0.3) is 0 Å². The molecular weight excluding hydrogens is 352 g/mol. The van der Waals surface area contributed by atoms with E-state index in [1.165, 1.54) is 18.6 Å². The molecule has 4 saturated carbocycles. The number of aliphatic hydroxyl groups is 1. The van der Waals surface area contributed by atoms with E-state index in [1.807, 2.05) is 0 Å². The van der Waals surface area contributed by atoms with Gasteiger partial charge in [-0.3, -0.25) is 4.79 Å². The lowest BCUT2D eigenvalue weighted by molar-refractivity contribution is -0.143. The van der Waals surface area contributed by atoms with Crippen LogP contribution in [0.4, 0.5) is 0 Å². The molecule has 5 heteroatoms. The van der Waals surface area contributed by atoms with E-state index in [0.717, 1.165) is 44.9 Å². The second-order valence-electron chi connectivity index (χ2n) is 10.4. The zero-order valence-electron chi connectivity index (χ0n) is 17.7. The van der Waals surface area contributed by atoms with E-state index in [-0.39, 0.29) is 12.0 Å². The molecule has 158 valence electrons. The molecule has 0 spiro atoms. The van der Waals surface area contributed by atoms with Gasteiger partial charge in [0.25, 0.3) is 0 Å². The molecule has 0 radical (unpaired) electrons. The quantitative estimate of drug-likeness (QED) is 0.555. The van der Waals surface area contributed by atoms with E-state index in [0.29, 0.717) is 53.9 Å². The summed E-state index contributed by atoms with van der Waals surface area (Å²) in [6.07, 6.45) is 9.34. The third-order valence-electron chi connectivity index (χ3n) is 9.29. The number of aliphatic hydroxyl groups excluding tert-OH is 1. The first-order chi connectivity index (χ1) is 13.4. The number of carbonyl (C=O) groups is 1. The molecule has 0 aromatic rings. The molecule has 4 aliphatic carbocycles. The van der Waals surface area contributed by atoms with Gasteiger partial charge in [-0.25, -0.2) is 0 Å². The first kappa shape index (κ1) is 20.3. The van der Waals surface area contributed by atoms with Crippen molar-refractivity contribution < 1.29 is 14.7 Å². The number of ketones is 1. The molecule has 0 aromatic heterocycles. The van der Waals surface area contributed by atoms with E-state index >= 15 is 0 Å². The van der Waals surface area contributed by atoms with Crippen LogP contribution >= 0.6 is 0 Å². The summed E-state index contributed by atoms with van der Waals surface area (Å²) in [5.41, 5.74) is 6.91. The molecule has 0 amide bonds. The summed E-state index contributed by atoms with van der Waals surface area (Å²) in [7, 11) is 0. The average molecular weight is 391 g/mol. The van der Waals surface area contributed by atoms with Gasteiger partial charge in [0.2, 0.25) is 0 Å². The molecule has 4 aliphatic rings. The Morgan fingerprint density at radius 2 is 2.00 bits per heavy atom. The maximum Gasteiger partial charge on any atom is 0.139 e. The van der Waals surface area contributed by atoms with Crippen molar-refractivity contribution in [2.45, 2.75) is 71.6 Å². The fourth-order valence-corrected chi connectivity index (χ4v) is 7.83. The fraction of sp³-hybridized carbons (Fsp3) is 0.913. The Kier molecular flexibility index (Phi) is 5.60. The highest BCUT2D eigenvalue weighted by Crippen LogP contribution is 2.66. The Labute approximate surface area is 169 Å². The third kappa shape index (κ3) is 3.13. The molecule has 0 bridgehead atoms. The van der Waals surface area contributed by atoms with E-state index in [1.54, 1.807) is 0 Å². The molecule has 0 saturated heterocycles. The van der Waals surface area contributed by atoms with Gasteiger partial charge in [0.1, 0.15) is 12.4 Å². The fourth-order valence-electron chi connectivity index (χ4n) is 7.83. The highest BCUT2D eigenvalue weighted by Gasteiger charge is 2.61. The van der Waals surface area contributed by atoms with Gasteiger partial charge in [0, 0.05) is 25.0 Å². The molecule has 28 heavy (non-hydrogen) atoms. The summed E-state index contributed by atoms with van der Waals surface area (Å²) in [4.78, 5) is 18.1. The Morgan fingerprint density at radius 3 is 2.75 bits per heavy atom. The number of Topliss-reactive ketones (excluding diaryl/α,β-unsaturated/α-hetero) is 1. The summed E-state index contributed by atoms with van der Waals surface area (Å²) in [5.74, 6) is 3.52. The lowest BCUT2D eigenvalue weighted by Gasteiger charge is -2.62. The third-order valence-corrected chi connectivity index (χ3v) is 9.29. The number of nitrogens with two attached hydrogens (primary N) is 1. The Balaban J connectivity index is 1.60. The van der Waals surface area contributed by atoms with Crippen molar-refractivity contribution in [3.8, 4) is 0 Å². The Hall–Kier alpha value is -0.940. The number of hydrogen-bond acceptors (Lipinski definition) is 5. The number of nitrogens with zero attached hydrogens (tertiary/aromatic N) is 1. The SMILES string of the molecule is C[C@]12CCC(=NOCCN)CC1C(CCO)C[C@@H]1[C@H]2CC[C@]2(C)C(=O)CC[C@@H]12. The first-order valence-corrected chi connectivity index (χ1v) is 11.5. The van der Waals surface area contributed by atoms with Gasteiger partial charge in [-0.1, -0.05) is 19.0 Å². The van der Waals surface area contributed by atoms with Crippen molar-refractivity contribution in [1.29, 1.82) is 0 Å². The van der Waals surface area contributed by atoms with Gasteiger partial charge >= 0.3 is 0 Å². The molecule has 4 fully saturated rings. The highest BCUT2D eigenvalue weighted by molar-refractivity contribution is 5.87. The van der Waals surface area contributed by atoms with Gasteiger partial charge < -0.3 is 15.7 Å². The first-order valence-electron chi connectivity index (χ1n) is 11.5. The molecule has 4 rings (SSSR count). The maximum atomic E-state index is 12.7. The van der Waals surface area contributed by atoms with Crippen molar-refractivity contribution in [1.82, 2.24) is 0 Å². The molecule has 0 aliphatic heterocycles. The van der Waals surface area contributed by atoms with Crippen LogP contribution in [-0.2, 0) is 9.63 Å². The van der Waals surface area contributed by atoms with Crippen molar-refractivity contribution in [3.63, 3.8) is 0 Å². The highest BCUT2D eigenvalue weighted by atomic mass is 16.6. The number of carbonyl (C=O) groups excluding carboxylic acids is 1. The molecule has 2 unspecified atom stereocenters. The zero-order valence-corrected chi connectivity index (χ0v) is 17.7. The summed E-state index contributed by atoms with van der Waals surface area (Å²) in [6.45, 7) is 5.98. The minimum Gasteiger partial charge on any atom is -0.396 e. The lowest BCUT2D eigenvalue weighted by Crippen LogP contribution is -2.56. The van der Waals surface area contributed by atoms with E-state index in [2.05, 4.69) is 19.0 Å². The smallest absolute Gasteiger partial charge is 0.139 e. The summed E-state index contributed by atoms with van der Waals surface area (Å²) in [6, 6.07) is 0. The van der Waals surface area contributed by atoms with Crippen molar-refractivity contribution in [2.75, 3.05) is 19.8 Å². The van der Waals surface area contributed by atoms with Crippen LogP contribution in [0.3, 0.4) is 0 Å². The topological polar surface area (TPSA) is 84.9 Å². The normalized spacial score (nSPS) is 46.8. The summed E-state index contributed by atoms with van der Waals surface area (Å²) in [5, 5.41) is 14.2. The van der Waals surface area contributed by atoms with Crippen LogP contribution in [0.1, 0.15) is 71.6 Å². The van der Waals surface area contributed by atoms with Gasteiger partial charge in [0.05, 0.1) is 5.71 Å². The lowest BCUT2D eigenvalue weighted by atomic mass is 9.43. The van der Waals surface area contributed by atoms with Crippen LogP contribution in [0.5, 0.6) is 0 Å². The van der Waals surface area contributed by atoms with Crippen molar-refractivity contribution in [3.05, 3.63) is 0 Å². The molecule has 3 N–H and O–H groups in total. The van der Waals surface area contributed by atoms with Crippen LogP contribution in [0, 0.1) is 40.4 Å². The van der Waals surface area contributed by atoms with Crippen molar-refractivity contribution >= 4 is 11.5 Å². The molecule has 0 heterocycles. The summed E-state index contributed by atoms with van der Waals surface area (Å²) < 4.78 is 0. The Morgan fingerprint density at radius 1 is 1.18 bits per heavy atom. The predicted octanol–water partition coefficient (Wildman–Crippen LogP) is 3.54. The van der Waals surface area contributed by atoms with Crippen LogP contribution in [-0.4, -0.2) is 36.4 Å². The monoisotopic (exact) mass is 390 g/mol. The second-order valence-corrected chi connectivity index (χ2v) is 10.4. The summed E-state index contributed by atoms with van der Waals surface area (Å²) >= 11 is 0. The minimum absolute atomic E-state index is 0.0779. The van der Waals surface area contributed by atoms with Gasteiger partial charge in [0.15, 0.2) is 0 Å². The number of rotatable bonds is 5. The standard InChI is InChI=1S/C23H38N2O3/c1-22-8-5-16(25-28-12-10-24)14-20(22)15(7-11-26)13-17-18-3-4-21(27)23(18,2)9-6-19(17)22/h15,17-20,26H,3-14,24H2,1-2H3/t15?,17-,18-,19+,20?,22+,23-/m0/s1. The maximum absolute atomic E-state index is 12.7. The molecule has 7 atom stereocenters. The zero-order chi connectivity index (χ0) is 19.9. The van der Waals surface area contributed by atoms with Gasteiger partial charge in [-0.2, -0.15) is 0 Å². The van der Waals surface area contributed by atoms with Crippen LogP contribution < -0.4 is 5.73 Å². The second kappa shape index (κ2) is 7.71. The minimum atomic E-state index is -0.0779. The van der Waals surface area contributed by atoms with Crippen molar-refractivity contribution in [2.24, 2.45) is 51.3 Å².